The van der Waals surface area contributed by atoms with E-state index in [2.05, 4.69) is 16.0 Å². The number of benzene rings is 1. The zero-order valence-corrected chi connectivity index (χ0v) is 17.8. The van der Waals surface area contributed by atoms with Gasteiger partial charge in [0.1, 0.15) is 18.1 Å². The smallest absolute Gasteiger partial charge is 0.326 e. The average Bonchev–Trinajstić information content (AvgIpc) is 2.70. The first kappa shape index (κ1) is 26.5. The lowest BCUT2D eigenvalue weighted by molar-refractivity contribution is -0.143. The molecule has 0 aromatic heterocycles. The molecular weight excluding hydrogens is 422 g/mol. The average molecular weight is 451 g/mol. The normalized spacial score (nSPS) is 15.4. The molecule has 5 unspecified atom stereocenters. The van der Waals surface area contributed by atoms with Gasteiger partial charge in [0, 0.05) is 6.42 Å². The molecule has 0 aliphatic heterocycles. The minimum atomic E-state index is -1.60. The number of aliphatic hydroxyl groups excluding tert-OH is 1. The highest BCUT2D eigenvalue weighted by Crippen LogP contribution is 2.06. The lowest BCUT2D eigenvalue weighted by Gasteiger charge is -2.26. The van der Waals surface area contributed by atoms with Crippen LogP contribution in [0, 0.1) is 0 Å². The van der Waals surface area contributed by atoms with Gasteiger partial charge >= 0.3 is 5.97 Å². The van der Waals surface area contributed by atoms with Crippen LogP contribution in [0.2, 0.25) is 0 Å². The van der Waals surface area contributed by atoms with E-state index in [9.17, 15) is 34.2 Å². The number of carbonyl (C=O) groups is 5. The molecular formula is C20H29N5O7. The van der Waals surface area contributed by atoms with Crippen LogP contribution in [0.5, 0.6) is 0 Å². The summed E-state index contributed by atoms with van der Waals surface area (Å²) in [6, 6.07) is 3.30. The number of hydrogen-bond donors (Lipinski definition) is 7. The van der Waals surface area contributed by atoms with Crippen molar-refractivity contribution in [2.45, 2.75) is 57.0 Å². The molecule has 0 bridgehead atoms. The topological polar surface area (TPSA) is 214 Å². The van der Waals surface area contributed by atoms with E-state index in [1.807, 2.05) is 0 Å². The Kier molecular flexibility index (Phi) is 10.3. The van der Waals surface area contributed by atoms with Gasteiger partial charge in [-0.25, -0.2) is 4.79 Å². The second kappa shape index (κ2) is 12.4. The minimum Gasteiger partial charge on any atom is -0.480 e. The van der Waals surface area contributed by atoms with Crippen LogP contribution in [0.4, 0.5) is 0 Å². The molecule has 0 heterocycles. The van der Waals surface area contributed by atoms with Crippen molar-refractivity contribution in [2.24, 2.45) is 11.5 Å². The molecule has 1 aromatic carbocycles. The second-order valence-electron chi connectivity index (χ2n) is 7.34. The molecule has 0 spiro atoms. The number of carbonyl (C=O) groups excluding carboxylic acids is 4. The molecule has 12 heteroatoms. The van der Waals surface area contributed by atoms with Gasteiger partial charge < -0.3 is 37.6 Å². The van der Waals surface area contributed by atoms with Crippen LogP contribution < -0.4 is 27.4 Å². The fourth-order valence-electron chi connectivity index (χ4n) is 2.68. The van der Waals surface area contributed by atoms with Crippen molar-refractivity contribution in [2.75, 3.05) is 0 Å². The maximum Gasteiger partial charge on any atom is 0.326 e. The minimum absolute atomic E-state index is 0.0326. The number of nitrogens with two attached hydrogens (primary N) is 2. The highest BCUT2D eigenvalue weighted by atomic mass is 16.4. The number of carboxylic acids is 1. The van der Waals surface area contributed by atoms with Gasteiger partial charge in [-0.3, -0.25) is 19.2 Å². The predicted molar refractivity (Wildman–Crippen MR) is 113 cm³/mol. The van der Waals surface area contributed by atoms with Crippen LogP contribution in [0.3, 0.4) is 0 Å². The number of aliphatic hydroxyl groups is 1. The molecule has 4 amide bonds. The van der Waals surface area contributed by atoms with Gasteiger partial charge in [-0.05, 0) is 19.4 Å². The number of aliphatic carboxylic acids is 1. The van der Waals surface area contributed by atoms with E-state index >= 15 is 0 Å². The summed E-state index contributed by atoms with van der Waals surface area (Å²) in [5.41, 5.74) is 11.1. The van der Waals surface area contributed by atoms with Gasteiger partial charge in [0.15, 0.2) is 0 Å². The Bertz CT molecular complexity index is 829. The largest absolute Gasteiger partial charge is 0.480 e. The summed E-state index contributed by atoms with van der Waals surface area (Å²) in [7, 11) is 0. The van der Waals surface area contributed by atoms with Gasteiger partial charge in [0.2, 0.25) is 23.6 Å². The molecule has 176 valence electrons. The van der Waals surface area contributed by atoms with Gasteiger partial charge in [0.25, 0.3) is 0 Å². The summed E-state index contributed by atoms with van der Waals surface area (Å²) in [5, 5.41) is 26.0. The van der Waals surface area contributed by atoms with Gasteiger partial charge in [-0.15, -0.1) is 0 Å². The zero-order chi connectivity index (χ0) is 24.4. The highest BCUT2D eigenvalue weighted by molar-refractivity contribution is 5.95. The van der Waals surface area contributed by atoms with E-state index in [0.717, 1.165) is 0 Å². The van der Waals surface area contributed by atoms with E-state index in [1.165, 1.54) is 13.8 Å². The van der Waals surface area contributed by atoms with Gasteiger partial charge in [-0.2, -0.15) is 0 Å². The van der Waals surface area contributed by atoms with Crippen molar-refractivity contribution in [1.82, 2.24) is 16.0 Å². The maximum atomic E-state index is 12.8. The van der Waals surface area contributed by atoms with Crippen molar-refractivity contribution >= 4 is 29.6 Å². The Morgan fingerprint density at radius 2 is 1.47 bits per heavy atom. The third kappa shape index (κ3) is 8.70. The Morgan fingerprint density at radius 3 is 1.94 bits per heavy atom. The lowest BCUT2D eigenvalue weighted by Crippen LogP contribution is -2.60. The fourth-order valence-corrected chi connectivity index (χ4v) is 2.68. The third-order valence-electron chi connectivity index (χ3n) is 4.41. The van der Waals surface area contributed by atoms with Crippen LogP contribution in [-0.4, -0.2) is 70.1 Å². The molecule has 0 radical (unpaired) electrons. The van der Waals surface area contributed by atoms with Gasteiger partial charge in [0.05, 0.1) is 18.6 Å². The van der Waals surface area contributed by atoms with Crippen LogP contribution in [0.1, 0.15) is 25.8 Å². The van der Waals surface area contributed by atoms with Crippen molar-refractivity contribution in [3.05, 3.63) is 35.9 Å². The van der Waals surface area contributed by atoms with E-state index < -0.39 is 66.3 Å². The monoisotopic (exact) mass is 451 g/mol. The van der Waals surface area contributed by atoms with Crippen LogP contribution in [0.15, 0.2) is 30.3 Å². The van der Waals surface area contributed by atoms with Crippen LogP contribution in [0.25, 0.3) is 0 Å². The first-order chi connectivity index (χ1) is 14.9. The Balaban J connectivity index is 3.10. The van der Waals surface area contributed by atoms with E-state index in [-0.39, 0.29) is 6.42 Å². The van der Waals surface area contributed by atoms with Crippen molar-refractivity contribution in [1.29, 1.82) is 0 Å². The zero-order valence-electron chi connectivity index (χ0n) is 17.8. The maximum absolute atomic E-state index is 12.8. The number of carboxylic acid groups (broad SMARTS) is 1. The van der Waals surface area contributed by atoms with Gasteiger partial charge in [-0.1, -0.05) is 30.3 Å². The predicted octanol–water partition coefficient (Wildman–Crippen LogP) is -2.63. The van der Waals surface area contributed by atoms with Crippen molar-refractivity contribution in [3.8, 4) is 0 Å². The molecule has 0 saturated heterocycles. The molecule has 0 aliphatic rings. The molecule has 0 fully saturated rings. The molecule has 5 atom stereocenters. The Labute approximate surface area is 184 Å². The fraction of sp³-hybridized carbons (Fsp3) is 0.450. The number of hydrogen-bond acceptors (Lipinski definition) is 7. The van der Waals surface area contributed by atoms with E-state index in [4.69, 9.17) is 11.5 Å². The van der Waals surface area contributed by atoms with E-state index in [0.29, 0.717) is 5.56 Å². The number of rotatable bonds is 12. The summed E-state index contributed by atoms with van der Waals surface area (Å²) in [4.78, 5) is 59.9. The number of amides is 4. The molecule has 1 rings (SSSR count). The third-order valence-corrected chi connectivity index (χ3v) is 4.41. The standard InChI is InChI=1S/C20H29N5O7/c1-10(21)17(28)25-16(11(2)26)19(30)23-13(8-12-6-4-3-5-7-12)18(29)24-14(20(31)32)9-15(22)27/h3-7,10-11,13-14,16,26H,8-9,21H2,1-2H3,(H2,22,27)(H,23,30)(H,24,29)(H,25,28)(H,31,32). The number of primary amides is 1. The summed E-state index contributed by atoms with van der Waals surface area (Å²) in [6.45, 7) is 2.66. The quantitative estimate of drug-likeness (QED) is 0.178. The van der Waals surface area contributed by atoms with Crippen LogP contribution >= 0.6 is 0 Å². The van der Waals surface area contributed by atoms with Crippen LogP contribution in [-0.2, 0) is 30.4 Å². The molecule has 1 aromatic rings. The summed E-state index contributed by atoms with van der Waals surface area (Å²) in [5.74, 6) is -4.88. The number of nitrogens with one attached hydrogen (secondary N) is 3. The van der Waals surface area contributed by atoms with Crippen molar-refractivity contribution < 1.29 is 34.2 Å². The van der Waals surface area contributed by atoms with Crippen molar-refractivity contribution in [3.63, 3.8) is 0 Å². The first-order valence-corrected chi connectivity index (χ1v) is 9.82. The lowest BCUT2D eigenvalue weighted by atomic mass is 10.0. The Hall–Kier alpha value is -3.51. The molecule has 32 heavy (non-hydrogen) atoms. The molecule has 12 nitrogen and oxygen atoms in total. The molecule has 0 aliphatic carbocycles. The summed E-state index contributed by atoms with van der Waals surface area (Å²) in [6.07, 6.45) is -2.00. The SMILES string of the molecule is CC(N)C(=O)NC(C(=O)NC(Cc1ccccc1)C(=O)NC(CC(N)=O)C(=O)O)C(C)O. The summed E-state index contributed by atoms with van der Waals surface area (Å²) < 4.78 is 0. The van der Waals surface area contributed by atoms with E-state index in [1.54, 1.807) is 30.3 Å². The second-order valence-corrected chi connectivity index (χ2v) is 7.34. The summed E-state index contributed by atoms with van der Waals surface area (Å²) >= 11 is 0. The first-order valence-electron chi connectivity index (χ1n) is 9.82. The molecule has 0 saturated carbocycles. The highest BCUT2D eigenvalue weighted by Gasteiger charge is 2.32. The Morgan fingerprint density at radius 1 is 0.906 bits per heavy atom. The molecule has 9 N–H and O–H groups in total.